The first-order valence-corrected chi connectivity index (χ1v) is 5.97. The molecule has 0 aliphatic carbocycles. The Morgan fingerprint density at radius 3 is 2.78 bits per heavy atom. The third kappa shape index (κ3) is 2.16. The van der Waals surface area contributed by atoms with Gasteiger partial charge in [0.25, 0.3) is 5.91 Å². The molecule has 5 heteroatoms. The van der Waals surface area contributed by atoms with E-state index in [4.69, 9.17) is 11.5 Å². The molecule has 18 heavy (non-hydrogen) atoms. The molecule has 0 saturated carbocycles. The van der Waals surface area contributed by atoms with E-state index in [-0.39, 0.29) is 5.91 Å². The highest BCUT2D eigenvalue weighted by atomic mass is 16.2. The molecule has 0 aromatic heterocycles. The number of likely N-dealkylation sites (tertiary alicyclic amines) is 1. The van der Waals surface area contributed by atoms with Gasteiger partial charge in [-0.05, 0) is 31.9 Å². The van der Waals surface area contributed by atoms with Gasteiger partial charge in [-0.15, -0.1) is 0 Å². The molecular formula is C13H17N3O2. The Labute approximate surface area is 106 Å². The van der Waals surface area contributed by atoms with Crippen LogP contribution < -0.4 is 11.5 Å². The maximum atomic E-state index is 12.4. The summed E-state index contributed by atoms with van der Waals surface area (Å²) in [5, 5.41) is 0. The topological polar surface area (TPSA) is 89.4 Å². The van der Waals surface area contributed by atoms with Gasteiger partial charge < -0.3 is 16.4 Å². The fourth-order valence-corrected chi connectivity index (χ4v) is 2.32. The second-order valence-electron chi connectivity index (χ2n) is 4.65. The fraction of sp³-hybridized carbons (Fsp3) is 0.385. The van der Waals surface area contributed by atoms with Crippen LogP contribution in [0.25, 0.3) is 0 Å². The summed E-state index contributed by atoms with van der Waals surface area (Å²) in [4.78, 5) is 25.2. The molecule has 1 saturated heterocycles. The first-order valence-electron chi connectivity index (χ1n) is 5.97. The van der Waals surface area contributed by atoms with Crippen LogP contribution in [0.3, 0.4) is 0 Å². The number of benzene rings is 1. The summed E-state index contributed by atoms with van der Waals surface area (Å²) in [6, 6.07) is 4.80. The van der Waals surface area contributed by atoms with Crippen molar-refractivity contribution >= 4 is 17.5 Å². The second kappa shape index (κ2) is 4.68. The lowest BCUT2D eigenvalue weighted by Crippen LogP contribution is -2.43. The van der Waals surface area contributed by atoms with Crippen LogP contribution >= 0.6 is 0 Å². The number of amides is 2. The maximum Gasteiger partial charge on any atom is 0.256 e. The minimum atomic E-state index is -0.502. The molecule has 1 aromatic carbocycles. The number of nitrogen functional groups attached to an aromatic ring is 1. The van der Waals surface area contributed by atoms with E-state index in [1.807, 2.05) is 13.0 Å². The van der Waals surface area contributed by atoms with E-state index in [1.54, 1.807) is 12.1 Å². The predicted octanol–water partition coefficient (Wildman–Crippen LogP) is 0.667. The van der Waals surface area contributed by atoms with Crippen LogP contribution in [0, 0.1) is 6.92 Å². The zero-order chi connectivity index (χ0) is 13.3. The van der Waals surface area contributed by atoms with Crippen molar-refractivity contribution in [1.29, 1.82) is 0 Å². The molecule has 0 radical (unpaired) electrons. The molecule has 1 atom stereocenters. The molecule has 4 N–H and O–H groups in total. The van der Waals surface area contributed by atoms with Crippen molar-refractivity contribution in [3.05, 3.63) is 29.3 Å². The third-order valence-electron chi connectivity index (χ3n) is 3.28. The Morgan fingerprint density at radius 1 is 1.39 bits per heavy atom. The minimum Gasteiger partial charge on any atom is -0.398 e. The van der Waals surface area contributed by atoms with Crippen molar-refractivity contribution in [3.63, 3.8) is 0 Å². The molecule has 1 aliphatic rings. The normalized spacial score (nSPS) is 18.9. The zero-order valence-electron chi connectivity index (χ0n) is 10.3. The Morgan fingerprint density at radius 2 is 2.11 bits per heavy atom. The molecule has 2 amide bonds. The van der Waals surface area contributed by atoms with E-state index in [0.717, 1.165) is 12.0 Å². The van der Waals surface area contributed by atoms with Gasteiger partial charge in [0.2, 0.25) is 5.91 Å². The lowest BCUT2D eigenvalue weighted by atomic mass is 10.1. The molecule has 5 nitrogen and oxygen atoms in total. The molecule has 0 spiro atoms. The highest BCUT2D eigenvalue weighted by Crippen LogP contribution is 2.23. The molecule has 2 rings (SSSR count). The molecule has 96 valence electrons. The quantitative estimate of drug-likeness (QED) is 0.752. The van der Waals surface area contributed by atoms with Crippen molar-refractivity contribution < 1.29 is 9.59 Å². The predicted molar refractivity (Wildman–Crippen MR) is 68.8 cm³/mol. The van der Waals surface area contributed by atoms with Gasteiger partial charge in [-0.25, -0.2) is 0 Å². The average molecular weight is 247 g/mol. The second-order valence-corrected chi connectivity index (χ2v) is 4.65. The van der Waals surface area contributed by atoms with Gasteiger partial charge in [0.05, 0.1) is 5.56 Å². The van der Waals surface area contributed by atoms with Crippen molar-refractivity contribution in [2.75, 3.05) is 12.3 Å². The minimum absolute atomic E-state index is 0.211. The van der Waals surface area contributed by atoms with Gasteiger partial charge in [-0.2, -0.15) is 0 Å². The molecular weight excluding hydrogens is 230 g/mol. The Bertz CT molecular complexity index is 499. The van der Waals surface area contributed by atoms with Gasteiger partial charge in [0, 0.05) is 12.2 Å². The number of nitrogens with zero attached hydrogens (tertiary/aromatic N) is 1. The van der Waals surface area contributed by atoms with Crippen LogP contribution in [0.15, 0.2) is 18.2 Å². The summed E-state index contributed by atoms with van der Waals surface area (Å²) >= 11 is 0. The van der Waals surface area contributed by atoms with E-state index in [2.05, 4.69) is 0 Å². The number of rotatable bonds is 2. The van der Waals surface area contributed by atoms with Crippen molar-refractivity contribution in [1.82, 2.24) is 4.90 Å². The van der Waals surface area contributed by atoms with Crippen LogP contribution in [0.4, 0.5) is 5.69 Å². The molecule has 0 bridgehead atoms. The molecule has 1 fully saturated rings. The molecule has 1 aromatic rings. The van der Waals surface area contributed by atoms with Crippen LogP contribution in [-0.2, 0) is 4.79 Å². The number of anilines is 1. The fourth-order valence-electron chi connectivity index (χ4n) is 2.32. The Hall–Kier alpha value is -2.04. The van der Waals surface area contributed by atoms with Crippen molar-refractivity contribution in [3.8, 4) is 0 Å². The number of primary amides is 1. The zero-order valence-corrected chi connectivity index (χ0v) is 10.3. The van der Waals surface area contributed by atoms with E-state index >= 15 is 0 Å². The summed E-state index contributed by atoms with van der Waals surface area (Å²) in [6.07, 6.45) is 1.43. The smallest absolute Gasteiger partial charge is 0.256 e. The van der Waals surface area contributed by atoms with E-state index in [9.17, 15) is 9.59 Å². The summed E-state index contributed by atoms with van der Waals surface area (Å²) in [5.41, 5.74) is 13.0. The first-order chi connectivity index (χ1) is 8.50. The van der Waals surface area contributed by atoms with Crippen LogP contribution in [0.1, 0.15) is 28.8 Å². The van der Waals surface area contributed by atoms with Crippen LogP contribution in [-0.4, -0.2) is 29.3 Å². The number of nitrogens with two attached hydrogens (primary N) is 2. The molecule has 1 aliphatic heterocycles. The molecule has 1 unspecified atom stereocenters. The summed E-state index contributed by atoms with van der Waals surface area (Å²) < 4.78 is 0. The number of carbonyl (C=O) groups is 2. The maximum absolute atomic E-state index is 12.4. The van der Waals surface area contributed by atoms with E-state index < -0.39 is 11.9 Å². The van der Waals surface area contributed by atoms with Gasteiger partial charge in [-0.1, -0.05) is 11.6 Å². The average Bonchev–Trinajstić information content (AvgIpc) is 2.80. The Balaban J connectivity index is 2.31. The Kier molecular flexibility index (Phi) is 3.23. The van der Waals surface area contributed by atoms with Gasteiger partial charge in [0.1, 0.15) is 6.04 Å². The molecule has 1 heterocycles. The van der Waals surface area contributed by atoms with E-state index in [0.29, 0.717) is 24.2 Å². The van der Waals surface area contributed by atoms with Crippen LogP contribution in [0.2, 0.25) is 0 Å². The standard InChI is InChI=1S/C13H17N3O2/c1-8-4-5-10(14)9(7-8)13(18)16-6-2-3-11(16)12(15)17/h4-5,7,11H,2-3,6,14H2,1H3,(H2,15,17). The lowest BCUT2D eigenvalue weighted by Gasteiger charge is -2.23. The largest absolute Gasteiger partial charge is 0.398 e. The monoisotopic (exact) mass is 247 g/mol. The van der Waals surface area contributed by atoms with E-state index in [1.165, 1.54) is 4.90 Å². The number of hydrogen-bond donors (Lipinski definition) is 2. The summed E-state index contributed by atoms with van der Waals surface area (Å²) in [6.45, 7) is 2.45. The van der Waals surface area contributed by atoms with Gasteiger partial charge in [-0.3, -0.25) is 9.59 Å². The summed E-state index contributed by atoms with van der Waals surface area (Å²) in [5.74, 6) is -0.662. The van der Waals surface area contributed by atoms with Crippen LogP contribution in [0.5, 0.6) is 0 Å². The number of hydrogen-bond acceptors (Lipinski definition) is 3. The summed E-state index contributed by atoms with van der Waals surface area (Å²) in [7, 11) is 0. The third-order valence-corrected chi connectivity index (χ3v) is 3.28. The highest BCUT2D eigenvalue weighted by Gasteiger charge is 2.33. The first kappa shape index (κ1) is 12.4. The van der Waals surface area contributed by atoms with Crippen molar-refractivity contribution in [2.45, 2.75) is 25.8 Å². The highest BCUT2D eigenvalue weighted by molar-refractivity contribution is 6.01. The number of carbonyl (C=O) groups excluding carboxylic acids is 2. The van der Waals surface area contributed by atoms with Gasteiger partial charge in [0.15, 0.2) is 0 Å². The van der Waals surface area contributed by atoms with Gasteiger partial charge >= 0.3 is 0 Å². The van der Waals surface area contributed by atoms with Crippen molar-refractivity contribution in [2.24, 2.45) is 5.73 Å². The SMILES string of the molecule is Cc1ccc(N)c(C(=O)N2CCCC2C(N)=O)c1. The number of aryl methyl sites for hydroxylation is 1. The lowest BCUT2D eigenvalue weighted by molar-refractivity contribution is -0.121.